The van der Waals surface area contributed by atoms with Gasteiger partial charge in [0, 0.05) is 0 Å². The normalized spacial score (nSPS) is 11.7. The lowest BCUT2D eigenvalue weighted by Crippen LogP contribution is -2.36. The van der Waals surface area contributed by atoms with Gasteiger partial charge in [-0.15, -0.1) is 0 Å². The molecule has 0 spiro atoms. The molecular weight excluding hydrogens is 323 g/mol. The van der Waals surface area contributed by atoms with Crippen LogP contribution in [-0.2, 0) is 6.18 Å². The highest BCUT2D eigenvalue weighted by molar-refractivity contribution is 6.29. The topological polar surface area (TPSA) is 54.9 Å². The number of nitrogens with one attached hydrogen (secondary N) is 1. The van der Waals surface area contributed by atoms with Gasteiger partial charge in [-0.05, 0) is 18.2 Å². The average Bonchev–Trinajstić information content (AvgIpc) is 2.37. The first-order valence-electron chi connectivity index (χ1n) is 5.20. The standard InChI is InChI=1S/C11H4ClF5N2O2/c12-8-7(14)9(20)19(10(21)18-8)6-3-4(11(15,16)17)1-2-5(6)13/h1-3H,(H,18,21). The number of rotatable bonds is 1. The highest BCUT2D eigenvalue weighted by Gasteiger charge is 2.31. The lowest BCUT2D eigenvalue weighted by Gasteiger charge is -2.11. The van der Waals surface area contributed by atoms with E-state index in [1.807, 2.05) is 0 Å². The summed E-state index contributed by atoms with van der Waals surface area (Å²) in [5, 5.41) is -0.923. The highest BCUT2D eigenvalue weighted by atomic mass is 35.5. The van der Waals surface area contributed by atoms with E-state index in [0.29, 0.717) is 12.1 Å². The van der Waals surface area contributed by atoms with Gasteiger partial charge in [0.15, 0.2) is 5.15 Å². The maximum atomic E-state index is 13.6. The molecule has 0 bridgehead atoms. The van der Waals surface area contributed by atoms with Crippen molar-refractivity contribution in [3.63, 3.8) is 0 Å². The average molecular weight is 327 g/mol. The molecule has 1 heterocycles. The monoisotopic (exact) mass is 326 g/mol. The van der Waals surface area contributed by atoms with Gasteiger partial charge in [0.2, 0.25) is 5.82 Å². The van der Waals surface area contributed by atoms with E-state index in [1.165, 1.54) is 0 Å². The van der Waals surface area contributed by atoms with Gasteiger partial charge >= 0.3 is 11.9 Å². The zero-order valence-electron chi connectivity index (χ0n) is 9.76. The van der Waals surface area contributed by atoms with Crippen molar-refractivity contribution in [3.05, 3.63) is 61.4 Å². The third-order valence-corrected chi connectivity index (χ3v) is 2.78. The van der Waals surface area contributed by atoms with E-state index in [0.717, 1.165) is 0 Å². The van der Waals surface area contributed by atoms with Gasteiger partial charge in [0.1, 0.15) is 5.82 Å². The summed E-state index contributed by atoms with van der Waals surface area (Å²) in [6.07, 6.45) is -4.83. The van der Waals surface area contributed by atoms with Gasteiger partial charge in [0.25, 0.3) is 5.56 Å². The van der Waals surface area contributed by atoms with Crippen LogP contribution in [0.4, 0.5) is 22.0 Å². The summed E-state index contributed by atoms with van der Waals surface area (Å²) in [7, 11) is 0. The molecule has 0 aliphatic rings. The van der Waals surface area contributed by atoms with E-state index in [1.54, 1.807) is 4.98 Å². The maximum absolute atomic E-state index is 13.6. The quantitative estimate of drug-likeness (QED) is 0.646. The smallest absolute Gasteiger partial charge is 0.295 e. The van der Waals surface area contributed by atoms with Crippen LogP contribution in [0.1, 0.15) is 5.56 Å². The van der Waals surface area contributed by atoms with Crippen molar-refractivity contribution in [2.45, 2.75) is 6.18 Å². The predicted octanol–water partition coefficient (Wildman–Crippen LogP) is 2.48. The molecule has 0 aliphatic carbocycles. The number of benzene rings is 1. The SMILES string of the molecule is O=c1[nH]c(Cl)c(F)c(=O)n1-c1cc(C(F)(F)F)ccc1F. The number of nitrogens with zero attached hydrogens (tertiary/aromatic N) is 1. The van der Waals surface area contributed by atoms with E-state index in [9.17, 15) is 31.5 Å². The third kappa shape index (κ3) is 2.68. The number of hydrogen-bond acceptors (Lipinski definition) is 2. The molecule has 112 valence electrons. The molecule has 21 heavy (non-hydrogen) atoms. The van der Waals surface area contributed by atoms with Crippen LogP contribution in [0.2, 0.25) is 5.15 Å². The lowest BCUT2D eigenvalue weighted by atomic mass is 10.2. The number of halogens is 6. The first-order chi connectivity index (χ1) is 9.62. The molecule has 0 saturated carbocycles. The summed E-state index contributed by atoms with van der Waals surface area (Å²) in [5.74, 6) is -2.93. The van der Waals surface area contributed by atoms with Gasteiger partial charge < -0.3 is 0 Å². The molecule has 0 saturated heterocycles. The van der Waals surface area contributed by atoms with Crippen molar-refractivity contribution in [2.75, 3.05) is 0 Å². The molecule has 0 unspecified atom stereocenters. The number of hydrogen-bond donors (Lipinski definition) is 1. The summed E-state index contributed by atoms with van der Waals surface area (Å²) in [6.45, 7) is 0. The number of alkyl halides is 3. The maximum Gasteiger partial charge on any atom is 0.416 e. The van der Waals surface area contributed by atoms with E-state index < -0.39 is 45.5 Å². The third-order valence-electron chi connectivity index (χ3n) is 2.52. The zero-order chi connectivity index (χ0) is 15.9. The second kappa shape index (κ2) is 4.99. The molecule has 0 aliphatic heterocycles. The molecule has 2 rings (SSSR count). The Kier molecular flexibility index (Phi) is 3.62. The Balaban J connectivity index is 2.83. The molecule has 1 aromatic heterocycles. The first-order valence-corrected chi connectivity index (χ1v) is 5.58. The van der Waals surface area contributed by atoms with E-state index in [-0.39, 0.29) is 10.6 Å². The first kappa shape index (κ1) is 15.2. The van der Waals surface area contributed by atoms with Crippen LogP contribution < -0.4 is 11.2 Å². The van der Waals surface area contributed by atoms with Crippen molar-refractivity contribution >= 4 is 11.6 Å². The zero-order valence-corrected chi connectivity index (χ0v) is 10.5. The van der Waals surface area contributed by atoms with Crippen LogP contribution in [0.15, 0.2) is 27.8 Å². The molecule has 0 amide bonds. The Morgan fingerprint density at radius 1 is 1.14 bits per heavy atom. The lowest BCUT2D eigenvalue weighted by molar-refractivity contribution is -0.137. The molecule has 1 N–H and O–H groups in total. The van der Waals surface area contributed by atoms with Crippen LogP contribution in [0.5, 0.6) is 0 Å². The Labute approximate surface area is 117 Å². The van der Waals surface area contributed by atoms with Crippen molar-refractivity contribution < 1.29 is 22.0 Å². The Morgan fingerprint density at radius 3 is 2.33 bits per heavy atom. The molecular formula is C11H4ClF5N2O2. The summed E-state index contributed by atoms with van der Waals surface area (Å²) in [5.41, 5.74) is -5.38. The van der Waals surface area contributed by atoms with Crippen LogP contribution in [0.25, 0.3) is 5.69 Å². The minimum absolute atomic E-state index is 0.105. The van der Waals surface area contributed by atoms with Crippen molar-refractivity contribution in [3.8, 4) is 5.69 Å². The fraction of sp³-hybridized carbons (Fsp3) is 0.0909. The van der Waals surface area contributed by atoms with Gasteiger partial charge in [-0.2, -0.15) is 17.6 Å². The summed E-state index contributed by atoms with van der Waals surface area (Å²) in [4.78, 5) is 24.8. The van der Waals surface area contributed by atoms with Crippen molar-refractivity contribution in [1.29, 1.82) is 0 Å². The minimum Gasteiger partial charge on any atom is -0.295 e. The van der Waals surface area contributed by atoms with E-state index in [2.05, 4.69) is 0 Å². The van der Waals surface area contributed by atoms with Crippen LogP contribution in [-0.4, -0.2) is 9.55 Å². The molecule has 4 nitrogen and oxygen atoms in total. The molecule has 10 heteroatoms. The van der Waals surface area contributed by atoms with Gasteiger partial charge in [0.05, 0.1) is 11.3 Å². The predicted molar refractivity (Wildman–Crippen MR) is 62.6 cm³/mol. The Morgan fingerprint density at radius 2 is 1.76 bits per heavy atom. The van der Waals surface area contributed by atoms with Gasteiger partial charge in [-0.1, -0.05) is 11.6 Å². The van der Waals surface area contributed by atoms with Gasteiger partial charge in [-0.3, -0.25) is 9.78 Å². The summed E-state index contributed by atoms with van der Waals surface area (Å²) in [6, 6.07) is 1.06. The summed E-state index contributed by atoms with van der Waals surface area (Å²) >= 11 is 5.20. The number of aromatic amines is 1. The molecule has 0 radical (unpaired) electrons. The second-order valence-electron chi connectivity index (χ2n) is 3.86. The highest BCUT2D eigenvalue weighted by Crippen LogP contribution is 2.30. The van der Waals surface area contributed by atoms with Crippen molar-refractivity contribution in [1.82, 2.24) is 9.55 Å². The Bertz CT molecular complexity index is 825. The molecule has 0 atom stereocenters. The summed E-state index contributed by atoms with van der Waals surface area (Å²) < 4.78 is 64.5. The second-order valence-corrected chi connectivity index (χ2v) is 4.24. The van der Waals surface area contributed by atoms with Crippen LogP contribution in [0.3, 0.4) is 0 Å². The Hall–Kier alpha value is -2.16. The largest absolute Gasteiger partial charge is 0.416 e. The van der Waals surface area contributed by atoms with Crippen LogP contribution >= 0.6 is 11.6 Å². The van der Waals surface area contributed by atoms with Gasteiger partial charge in [-0.25, -0.2) is 13.8 Å². The number of aromatic nitrogens is 2. The molecule has 1 aromatic carbocycles. The minimum atomic E-state index is -4.83. The molecule has 2 aromatic rings. The van der Waals surface area contributed by atoms with E-state index >= 15 is 0 Å². The fourth-order valence-electron chi connectivity index (χ4n) is 1.57. The van der Waals surface area contributed by atoms with Crippen LogP contribution in [0, 0.1) is 11.6 Å². The molecule has 0 fully saturated rings. The van der Waals surface area contributed by atoms with E-state index in [4.69, 9.17) is 11.6 Å². The number of H-pyrrole nitrogens is 1. The fourth-order valence-corrected chi connectivity index (χ4v) is 1.73. The van der Waals surface area contributed by atoms with Crippen molar-refractivity contribution in [2.24, 2.45) is 0 Å².